The van der Waals surface area contributed by atoms with E-state index in [2.05, 4.69) is 124 Å². The van der Waals surface area contributed by atoms with E-state index in [4.69, 9.17) is 15.0 Å². The zero-order valence-electron chi connectivity index (χ0n) is 27.2. The van der Waals surface area contributed by atoms with Crippen molar-refractivity contribution in [3.63, 3.8) is 0 Å². The highest BCUT2D eigenvalue weighted by Crippen LogP contribution is 2.43. The van der Waals surface area contributed by atoms with Crippen LogP contribution in [0.3, 0.4) is 0 Å². The molecule has 0 saturated heterocycles. The maximum absolute atomic E-state index is 5.28. The van der Waals surface area contributed by atoms with Crippen LogP contribution in [0.15, 0.2) is 128 Å². The maximum Gasteiger partial charge on any atom is 0.164 e. The molecule has 0 aliphatic rings. The Hall–Kier alpha value is -5.49. The van der Waals surface area contributed by atoms with Crippen molar-refractivity contribution in [1.29, 1.82) is 0 Å². The Bertz CT molecular complexity index is 2740. The molecular formula is C44H31N3S2. The second-order valence-corrected chi connectivity index (χ2v) is 14.5. The minimum absolute atomic E-state index is 0.663. The van der Waals surface area contributed by atoms with Crippen molar-refractivity contribution in [1.82, 2.24) is 15.0 Å². The van der Waals surface area contributed by atoms with Crippen LogP contribution < -0.4 is 0 Å². The zero-order chi connectivity index (χ0) is 33.1. The first kappa shape index (κ1) is 29.6. The highest BCUT2D eigenvalue weighted by molar-refractivity contribution is 7.26. The van der Waals surface area contributed by atoms with E-state index in [1.165, 1.54) is 68.2 Å². The van der Waals surface area contributed by atoms with Gasteiger partial charge in [-0.3, -0.25) is 0 Å². The normalized spacial score (nSPS) is 11.6. The summed E-state index contributed by atoms with van der Waals surface area (Å²) in [5.41, 5.74) is 9.21. The third-order valence-electron chi connectivity index (χ3n) is 9.57. The molecule has 0 N–H and O–H groups in total. The molecule has 49 heavy (non-hydrogen) atoms. The van der Waals surface area contributed by atoms with Crippen molar-refractivity contribution in [3.8, 4) is 45.3 Å². The first-order chi connectivity index (χ1) is 24.1. The molecule has 0 unspecified atom stereocenters. The predicted molar refractivity (Wildman–Crippen MR) is 212 cm³/mol. The molecule has 9 rings (SSSR count). The summed E-state index contributed by atoms with van der Waals surface area (Å²) in [6.45, 7) is 8.60. The number of rotatable bonds is 6. The van der Waals surface area contributed by atoms with Gasteiger partial charge in [0.05, 0.1) is 0 Å². The molecule has 0 bridgehead atoms. The summed E-state index contributed by atoms with van der Waals surface area (Å²) in [6, 6.07) is 43.1. The molecule has 234 valence electrons. The molecule has 0 radical (unpaired) electrons. The number of fused-ring (bicyclic) bond motifs is 6. The Labute approximate surface area is 292 Å². The molecule has 0 atom stereocenters. The molecule has 0 aliphatic heterocycles. The number of hydrogen-bond acceptors (Lipinski definition) is 5. The van der Waals surface area contributed by atoms with Gasteiger partial charge in [-0.2, -0.15) is 0 Å². The molecule has 3 heterocycles. The third-order valence-corrected chi connectivity index (χ3v) is 11.8. The molecule has 0 fully saturated rings. The Balaban J connectivity index is 1.30. The SMILES string of the molecule is C=Cc1c(-c2ccc3sc4cccc(-c5nc(-c6ccccc6)nc(-c6cccc7sc8ccccc8c67)n5)c4c3c2)ccc(CC)c1C. The van der Waals surface area contributed by atoms with Crippen molar-refractivity contribution in [2.24, 2.45) is 0 Å². The van der Waals surface area contributed by atoms with E-state index in [9.17, 15) is 0 Å². The summed E-state index contributed by atoms with van der Waals surface area (Å²) in [4.78, 5) is 15.6. The lowest BCUT2D eigenvalue weighted by Crippen LogP contribution is -2.00. The maximum atomic E-state index is 5.28. The van der Waals surface area contributed by atoms with E-state index in [0.717, 1.165) is 23.1 Å². The first-order valence-corrected chi connectivity index (χ1v) is 18.2. The lowest BCUT2D eigenvalue weighted by Gasteiger charge is -2.14. The van der Waals surface area contributed by atoms with E-state index in [-0.39, 0.29) is 0 Å². The smallest absolute Gasteiger partial charge is 0.164 e. The molecule has 6 aromatic carbocycles. The number of aryl methyl sites for hydroxylation is 1. The van der Waals surface area contributed by atoms with Crippen LogP contribution >= 0.6 is 22.7 Å². The van der Waals surface area contributed by atoms with Gasteiger partial charge in [0.15, 0.2) is 17.5 Å². The van der Waals surface area contributed by atoms with Gasteiger partial charge in [0.1, 0.15) is 0 Å². The van der Waals surface area contributed by atoms with Gasteiger partial charge in [0.25, 0.3) is 0 Å². The second kappa shape index (κ2) is 11.9. The molecule has 0 saturated carbocycles. The van der Waals surface area contributed by atoms with Crippen molar-refractivity contribution >= 4 is 69.1 Å². The van der Waals surface area contributed by atoms with Crippen molar-refractivity contribution in [3.05, 3.63) is 145 Å². The Morgan fingerprint density at radius 2 is 1.16 bits per heavy atom. The van der Waals surface area contributed by atoms with Crippen LogP contribution in [0, 0.1) is 6.92 Å². The van der Waals surface area contributed by atoms with Crippen molar-refractivity contribution in [2.75, 3.05) is 0 Å². The van der Waals surface area contributed by atoms with E-state index < -0.39 is 0 Å². The number of aromatic nitrogens is 3. The zero-order valence-corrected chi connectivity index (χ0v) is 28.8. The fourth-order valence-corrected chi connectivity index (χ4v) is 9.39. The molecule has 9 aromatic rings. The molecule has 0 spiro atoms. The van der Waals surface area contributed by atoms with Gasteiger partial charge in [0, 0.05) is 57.0 Å². The van der Waals surface area contributed by atoms with Crippen LogP contribution in [0.4, 0.5) is 0 Å². The number of nitrogens with zero attached hydrogens (tertiary/aromatic N) is 3. The van der Waals surface area contributed by atoms with Crippen LogP contribution in [0.25, 0.3) is 91.7 Å². The number of hydrogen-bond donors (Lipinski definition) is 0. The molecule has 0 aliphatic carbocycles. The van der Waals surface area contributed by atoms with Gasteiger partial charge in [-0.25, -0.2) is 15.0 Å². The summed E-state index contributed by atoms with van der Waals surface area (Å²) < 4.78 is 4.93. The minimum Gasteiger partial charge on any atom is -0.208 e. The third kappa shape index (κ3) is 4.88. The number of benzene rings is 6. The minimum atomic E-state index is 0.663. The van der Waals surface area contributed by atoms with E-state index in [1.807, 2.05) is 35.6 Å². The standard InChI is InChI=1S/C44H31N3S2/c1-4-27-21-23-31(30(5-2)26(27)3)29-22-24-37-35(25-29)41-34(17-12-20-39(41)49-37)44-46-42(28-13-7-6-8-14-28)45-43(47-44)33-16-11-19-38-40(33)32-15-9-10-18-36(32)48-38/h5-25H,2,4H2,1,3H3. The quantitative estimate of drug-likeness (QED) is 0.177. The first-order valence-electron chi connectivity index (χ1n) is 16.5. The number of thiophene rings is 2. The largest absolute Gasteiger partial charge is 0.208 e. The summed E-state index contributed by atoms with van der Waals surface area (Å²) in [5.74, 6) is 2.01. The van der Waals surface area contributed by atoms with Crippen LogP contribution in [0.5, 0.6) is 0 Å². The lowest BCUT2D eigenvalue weighted by atomic mass is 9.91. The Kier molecular flexibility index (Phi) is 7.19. The topological polar surface area (TPSA) is 38.7 Å². The van der Waals surface area contributed by atoms with E-state index in [0.29, 0.717) is 17.5 Å². The second-order valence-electron chi connectivity index (χ2n) is 12.3. The lowest BCUT2D eigenvalue weighted by molar-refractivity contribution is 1.08. The molecule has 5 heteroatoms. The summed E-state index contributed by atoms with van der Waals surface area (Å²) in [5, 5.41) is 4.78. The van der Waals surface area contributed by atoms with E-state index in [1.54, 1.807) is 11.3 Å². The van der Waals surface area contributed by atoms with Gasteiger partial charge < -0.3 is 0 Å². The Morgan fingerprint density at radius 3 is 1.86 bits per heavy atom. The summed E-state index contributed by atoms with van der Waals surface area (Å²) in [7, 11) is 0. The Morgan fingerprint density at radius 1 is 0.551 bits per heavy atom. The molecule has 3 nitrogen and oxygen atoms in total. The van der Waals surface area contributed by atoms with Crippen molar-refractivity contribution < 1.29 is 0 Å². The molecular weight excluding hydrogens is 635 g/mol. The highest BCUT2D eigenvalue weighted by Gasteiger charge is 2.20. The summed E-state index contributed by atoms with van der Waals surface area (Å²) >= 11 is 3.61. The fraction of sp³-hybridized carbons (Fsp3) is 0.0682. The predicted octanol–water partition coefficient (Wildman–Crippen LogP) is 12.8. The van der Waals surface area contributed by atoms with Gasteiger partial charge in [0.2, 0.25) is 0 Å². The average molecular weight is 666 g/mol. The highest BCUT2D eigenvalue weighted by atomic mass is 32.1. The molecule has 0 amide bonds. The molecule has 3 aromatic heterocycles. The van der Waals surface area contributed by atoms with Gasteiger partial charge in [-0.1, -0.05) is 111 Å². The van der Waals surface area contributed by atoms with Crippen LogP contribution in [-0.2, 0) is 6.42 Å². The summed E-state index contributed by atoms with van der Waals surface area (Å²) in [6.07, 6.45) is 3.00. The van der Waals surface area contributed by atoms with E-state index >= 15 is 0 Å². The van der Waals surface area contributed by atoms with Gasteiger partial charge >= 0.3 is 0 Å². The van der Waals surface area contributed by atoms with Gasteiger partial charge in [-0.15, -0.1) is 22.7 Å². The van der Waals surface area contributed by atoms with Crippen LogP contribution in [0.1, 0.15) is 23.6 Å². The monoisotopic (exact) mass is 665 g/mol. The van der Waals surface area contributed by atoms with Crippen LogP contribution in [-0.4, -0.2) is 15.0 Å². The van der Waals surface area contributed by atoms with Gasteiger partial charge in [-0.05, 0) is 71.5 Å². The fourth-order valence-electron chi connectivity index (χ4n) is 7.15. The average Bonchev–Trinajstić information content (AvgIpc) is 3.73. The van der Waals surface area contributed by atoms with Crippen molar-refractivity contribution in [2.45, 2.75) is 20.3 Å². The van der Waals surface area contributed by atoms with Crippen LogP contribution in [0.2, 0.25) is 0 Å².